The Kier molecular flexibility index (Phi) is 11.0. The van der Waals surface area contributed by atoms with E-state index in [0.29, 0.717) is 0 Å². The molecule has 128 valence electrons. The van der Waals surface area contributed by atoms with E-state index in [1.54, 1.807) is 0 Å². The van der Waals surface area contributed by atoms with Crippen molar-refractivity contribution in [3.63, 3.8) is 0 Å². The molecule has 0 aromatic heterocycles. The van der Waals surface area contributed by atoms with Crippen molar-refractivity contribution < 1.29 is 0 Å². The van der Waals surface area contributed by atoms with Gasteiger partial charge in [0.2, 0.25) is 0 Å². The molecule has 1 unspecified atom stereocenters. The zero-order valence-electron chi connectivity index (χ0n) is 15.4. The van der Waals surface area contributed by atoms with Gasteiger partial charge in [0.1, 0.15) is 0 Å². The summed E-state index contributed by atoms with van der Waals surface area (Å²) in [5, 5.41) is 0. The van der Waals surface area contributed by atoms with Gasteiger partial charge in [0.15, 0.2) is 0 Å². The van der Waals surface area contributed by atoms with Gasteiger partial charge in [0.05, 0.1) is 0 Å². The minimum Gasteiger partial charge on any atom is -0.263 e. The highest BCUT2D eigenvalue weighted by atomic mass is 32.2. The van der Waals surface area contributed by atoms with Crippen molar-refractivity contribution >= 4 is 17.5 Å². The molecule has 0 bridgehead atoms. The van der Waals surface area contributed by atoms with E-state index in [1.165, 1.54) is 80.7 Å². The fraction of sp³-hybridized carbons (Fsp3) is 0.850. The van der Waals surface area contributed by atoms with Gasteiger partial charge in [0, 0.05) is 11.4 Å². The third-order valence-corrected chi connectivity index (χ3v) is 5.52. The Balaban J connectivity index is 2.22. The van der Waals surface area contributed by atoms with Crippen LogP contribution in [0.4, 0.5) is 0 Å². The minimum atomic E-state index is 0.758. The molecule has 0 radical (unpaired) electrons. The molecule has 0 saturated carbocycles. The van der Waals surface area contributed by atoms with Crippen LogP contribution in [0.25, 0.3) is 0 Å². The molecule has 1 heterocycles. The maximum Gasteiger partial charge on any atom is 0.0366 e. The van der Waals surface area contributed by atoms with Crippen LogP contribution in [0.2, 0.25) is 0 Å². The summed E-state index contributed by atoms with van der Waals surface area (Å²) < 4.78 is 0. The van der Waals surface area contributed by atoms with E-state index < -0.39 is 0 Å². The summed E-state index contributed by atoms with van der Waals surface area (Å²) in [5.41, 5.74) is 2.73. The van der Waals surface area contributed by atoms with E-state index in [2.05, 4.69) is 45.5 Å². The van der Waals surface area contributed by atoms with E-state index in [4.69, 9.17) is 4.99 Å². The third-order valence-electron chi connectivity index (χ3n) is 4.25. The van der Waals surface area contributed by atoms with Crippen LogP contribution in [0.5, 0.6) is 0 Å². The molecule has 1 aliphatic rings. The van der Waals surface area contributed by atoms with Crippen molar-refractivity contribution in [1.29, 1.82) is 0 Å². The van der Waals surface area contributed by atoms with Crippen molar-refractivity contribution in [2.75, 3.05) is 11.5 Å². The summed E-state index contributed by atoms with van der Waals surface area (Å²) in [5.74, 6) is 4.25. The number of allylic oxidation sites excluding steroid dienone is 2. The second kappa shape index (κ2) is 12.2. The zero-order valence-corrected chi connectivity index (χ0v) is 16.2. The van der Waals surface area contributed by atoms with Gasteiger partial charge >= 0.3 is 0 Å². The lowest BCUT2D eigenvalue weighted by Crippen LogP contribution is -2.10. The summed E-state index contributed by atoms with van der Waals surface area (Å²) in [6.07, 6.45) is 14.3. The van der Waals surface area contributed by atoms with Crippen LogP contribution in [-0.2, 0) is 0 Å². The molecule has 0 saturated heterocycles. The Morgan fingerprint density at radius 2 is 2.00 bits per heavy atom. The van der Waals surface area contributed by atoms with Gasteiger partial charge < -0.3 is 0 Å². The number of unbranched alkanes of at least 4 members (excludes halogenated alkanes) is 2. The van der Waals surface area contributed by atoms with Crippen molar-refractivity contribution in [2.24, 2.45) is 16.8 Å². The lowest BCUT2D eigenvalue weighted by Gasteiger charge is -2.19. The van der Waals surface area contributed by atoms with Crippen LogP contribution < -0.4 is 0 Å². The SMILES string of the molecule is CCCSCCCCC1=CC(CCCCC(C)C)CC(C)=N1. The number of hydrogen-bond donors (Lipinski definition) is 0. The number of nitrogens with zero attached hydrogens (tertiary/aromatic N) is 1. The summed E-state index contributed by atoms with van der Waals surface area (Å²) >= 11 is 2.10. The molecule has 1 atom stereocenters. The molecular weight excluding hydrogens is 286 g/mol. The van der Waals surface area contributed by atoms with Gasteiger partial charge in [-0.3, -0.25) is 4.99 Å². The first-order valence-electron chi connectivity index (χ1n) is 9.44. The highest BCUT2D eigenvalue weighted by molar-refractivity contribution is 7.99. The highest BCUT2D eigenvalue weighted by Crippen LogP contribution is 2.26. The average molecular weight is 324 g/mol. The van der Waals surface area contributed by atoms with Gasteiger partial charge in [-0.2, -0.15) is 11.8 Å². The van der Waals surface area contributed by atoms with Crippen molar-refractivity contribution in [3.8, 4) is 0 Å². The van der Waals surface area contributed by atoms with Crippen LogP contribution in [0.1, 0.15) is 85.5 Å². The topological polar surface area (TPSA) is 12.4 Å². The average Bonchev–Trinajstić information content (AvgIpc) is 2.46. The molecule has 1 rings (SSSR count). The molecule has 0 aromatic carbocycles. The summed E-state index contributed by atoms with van der Waals surface area (Å²) in [7, 11) is 0. The molecule has 2 heteroatoms. The first kappa shape index (κ1) is 19.8. The normalized spacial score (nSPS) is 18.5. The Morgan fingerprint density at radius 1 is 1.18 bits per heavy atom. The lowest BCUT2D eigenvalue weighted by molar-refractivity contribution is 0.489. The number of aliphatic imine (C=N–C) groups is 1. The summed E-state index contributed by atoms with van der Waals surface area (Å²) in [6, 6.07) is 0. The first-order chi connectivity index (χ1) is 10.6. The van der Waals surface area contributed by atoms with E-state index in [1.807, 2.05) is 0 Å². The maximum absolute atomic E-state index is 4.79. The molecule has 0 spiro atoms. The van der Waals surface area contributed by atoms with Gasteiger partial charge in [-0.25, -0.2) is 0 Å². The van der Waals surface area contributed by atoms with Crippen molar-refractivity contribution in [2.45, 2.75) is 85.5 Å². The molecule has 0 N–H and O–H groups in total. The predicted octanol–water partition coefficient (Wildman–Crippen LogP) is 6.88. The maximum atomic E-state index is 4.79. The number of hydrogen-bond acceptors (Lipinski definition) is 2. The van der Waals surface area contributed by atoms with Gasteiger partial charge in [-0.15, -0.1) is 0 Å². The van der Waals surface area contributed by atoms with Gasteiger partial charge in [0.25, 0.3) is 0 Å². The number of thioether (sulfide) groups is 1. The predicted molar refractivity (Wildman–Crippen MR) is 104 cm³/mol. The Morgan fingerprint density at radius 3 is 2.73 bits per heavy atom. The van der Waals surface area contributed by atoms with E-state index in [0.717, 1.165) is 11.8 Å². The zero-order chi connectivity index (χ0) is 16.2. The van der Waals surface area contributed by atoms with Gasteiger partial charge in [-0.1, -0.05) is 46.1 Å². The molecule has 0 aliphatic carbocycles. The standard InChI is InChI=1S/C20H37NS/c1-5-13-22-14-9-8-12-20-16-19(15-18(4)21-20)11-7-6-10-17(2)3/h16-17,19H,5-15H2,1-4H3. The molecule has 1 aliphatic heterocycles. The quantitative estimate of drug-likeness (QED) is 0.356. The van der Waals surface area contributed by atoms with Crippen LogP contribution in [-0.4, -0.2) is 17.2 Å². The highest BCUT2D eigenvalue weighted by Gasteiger charge is 2.14. The van der Waals surface area contributed by atoms with E-state index in [-0.39, 0.29) is 0 Å². The Hall–Kier alpha value is -0.240. The fourth-order valence-corrected chi connectivity index (χ4v) is 3.98. The van der Waals surface area contributed by atoms with Crippen molar-refractivity contribution in [1.82, 2.24) is 0 Å². The molecule has 0 fully saturated rings. The molecular formula is C20H37NS. The second-order valence-electron chi connectivity index (χ2n) is 7.22. The third kappa shape index (κ3) is 9.71. The Labute approximate surface area is 143 Å². The van der Waals surface area contributed by atoms with Crippen LogP contribution in [0, 0.1) is 11.8 Å². The van der Waals surface area contributed by atoms with E-state index in [9.17, 15) is 0 Å². The second-order valence-corrected chi connectivity index (χ2v) is 8.44. The number of rotatable bonds is 12. The summed E-state index contributed by atoms with van der Waals surface area (Å²) in [6.45, 7) is 9.13. The summed E-state index contributed by atoms with van der Waals surface area (Å²) in [4.78, 5) is 4.79. The van der Waals surface area contributed by atoms with Crippen LogP contribution in [0.15, 0.2) is 16.8 Å². The minimum absolute atomic E-state index is 0.758. The molecule has 0 aromatic rings. The monoisotopic (exact) mass is 323 g/mol. The smallest absolute Gasteiger partial charge is 0.0366 e. The Bertz CT molecular complexity index is 344. The lowest BCUT2D eigenvalue weighted by atomic mass is 9.91. The molecule has 1 nitrogen and oxygen atoms in total. The van der Waals surface area contributed by atoms with Crippen LogP contribution in [0.3, 0.4) is 0 Å². The largest absolute Gasteiger partial charge is 0.263 e. The van der Waals surface area contributed by atoms with Crippen LogP contribution >= 0.6 is 11.8 Å². The molecule has 22 heavy (non-hydrogen) atoms. The van der Waals surface area contributed by atoms with Gasteiger partial charge in [-0.05, 0) is 68.8 Å². The fourth-order valence-electron chi connectivity index (χ4n) is 3.08. The molecule has 0 amide bonds. The van der Waals surface area contributed by atoms with Crippen molar-refractivity contribution in [3.05, 3.63) is 11.8 Å². The van der Waals surface area contributed by atoms with E-state index >= 15 is 0 Å². The first-order valence-corrected chi connectivity index (χ1v) is 10.6.